The van der Waals surface area contributed by atoms with Crippen LogP contribution in [0.5, 0.6) is 0 Å². The summed E-state index contributed by atoms with van der Waals surface area (Å²) in [4.78, 5) is 27.3. The average Bonchev–Trinajstić information content (AvgIpc) is 2.80. The molecule has 0 aliphatic carbocycles. The van der Waals surface area contributed by atoms with Gasteiger partial charge in [0, 0.05) is 30.6 Å². The lowest BCUT2D eigenvalue weighted by atomic mass is 9.94. The smallest absolute Gasteiger partial charge is 0.262 e. The van der Waals surface area contributed by atoms with E-state index in [1.165, 1.54) is 30.3 Å². The molecule has 1 aliphatic heterocycles. The first-order valence-corrected chi connectivity index (χ1v) is 13.0. The highest BCUT2D eigenvalue weighted by Gasteiger charge is 2.30. The molecule has 2 aromatic rings. The third-order valence-corrected chi connectivity index (χ3v) is 7.75. The lowest BCUT2D eigenvalue weighted by Gasteiger charge is -2.32. The second kappa shape index (κ2) is 10.5. The van der Waals surface area contributed by atoms with Crippen molar-refractivity contribution in [2.45, 2.75) is 51.5 Å². The first kappa shape index (κ1) is 25.7. The maximum absolute atomic E-state index is 13.9. The standard InChI is InChI=1S/C25H32FN3O4S/c1-16(2)18(4)27-24(30)19-11-13-29(14-12-19)25(31)21-15-20(10-9-17(21)3)34(32,33)28-23-8-6-5-7-22(23)26/h5-10,15-16,18-19,28H,11-14H2,1-4H3,(H,27,30). The lowest BCUT2D eigenvalue weighted by molar-refractivity contribution is -0.127. The summed E-state index contributed by atoms with van der Waals surface area (Å²) in [6, 6.07) is 9.84. The van der Waals surface area contributed by atoms with Gasteiger partial charge in [-0.15, -0.1) is 0 Å². The minimum Gasteiger partial charge on any atom is -0.353 e. The van der Waals surface area contributed by atoms with Crippen molar-refractivity contribution in [1.29, 1.82) is 0 Å². The van der Waals surface area contributed by atoms with E-state index in [2.05, 4.69) is 23.9 Å². The zero-order chi connectivity index (χ0) is 25.0. The van der Waals surface area contributed by atoms with E-state index in [9.17, 15) is 22.4 Å². The van der Waals surface area contributed by atoms with Crippen molar-refractivity contribution in [2.75, 3.05) is 17.8 Å². The molecule has 1 saturated heterocycles. The second-order valence-corrected chi connectivity index (χ2v) is 10.9. The molecule has 0 aromatic heterocycles. The summed E-state index contributed by atoms with van der Waals surface area (Å²) in [5, 5.41) is 3.04. The number of nitrogens with one attached hydrogen (secondary N) is 2. The van der Waals surface area contributed by atoms with Crippen LogP contribution in [0.1, 0.15) is 49.5 Å². The number of aryl methyl sites for hydroxylation is 1. The molecule has 1 atom stereocenters. The number of carbonyl (C=O) groups excluding carboxylic acids is 2. The van der Waals surface area contributed by atoms with Crippen molar-refractivity contribution in [2.24, 2.45) is 11.8 Å². The number of nitrogens with zero attached hydrogens (tertiary/aromatic N) is 1. The fourth-order valence-electron chi connectivity index (χ4n) is 3.77. The summed E-state index contributed by atoms with van der Waals surface area (Å²) in [5.74, 6) is -0.774. The van der Waals surface area contributed by atoms with E-state index in [0.29, 0.717) is 37.4 Å². The fraction of sp³-hybridized carbons (Fsp3) is 0.440. The first-order chi connectivity index (χ1) is 16.0. The molecule has 0 bridgehead atoms. The number of hydrogen-bond donors (Lipinski definition) is 2. The SMILES string of the molecule is Cc1ccc(S(=O)(=O)Nc2ccccc2F)cc1C(=O)N1CCC(C(=O)NC(C)C(C)C)CC1. The monoisotopic (exact) mass is 489 g/mol. The van der Waals surface area contributed by atoms with Gasteiger partial charge in [0.25, 0.3) is 15.9 Å². The largest absolute Gasteiger partial charge is 0.353 e. The van der Waals surface area contributed by atoms with Crippen LogP contribution in [0.4, 0.5) is 10.1 Å². The summed E-state index contributed by atoms with van der Waals surface area (Å²) in [5.41, 5.74) is 0.747. The van der Waals surface area contributed by atoms with Crippen LogP contribution in [0.3, 0.4) is 0 Å². The molecule has 1 aliphatic rings. The Morgan fingerprint density at radius 3 is 2.32 bits per heavy atom. The Kier molecular flexibility index (Phi) is 7.97. The van der Waals surface area contributed by atoms with Crippen LogP contribution in [0.15, 0.2) is 47.4 Å². The number of carbonyl (C=O) groups is 2. The Morgan fingerprint density at radius 1 is 1.06 bits per heavy atom. The van der Waals surface area contributed by atoms with Crippen LogP contribution in [0.25, 0.3) is 0 Å². The highest BCUT2D eigenvalue weighted by molar-refractivity contribution is 7.92. The number of para-hydroxylation sites is 1. The van der Waals surface area contributed by atoms with Crippen molar-refractivity contribution in [3.05, 3.63) is 59.4 Å². The number of amides is 2. The van der Waals surface area contributed by atoms with Gasteiger partial charge in [-0.3, -0.25) is 14.3 Å². The normalized spacial score (nSPS) is 15.8. The molecule has 1 fully saturated rings. The number of benzene rings is 2. The minimum atomic E-state index is -4.09. The van der Waals surface area contributed by atoms with Crippen LogP contribution < -0.4 is 10.0 Å². The van der Waals surface area contributed by atoms with Gasteiger partial charge in [-0.05, 0) is 62.4 Å². The minimum absolute atomic E-state index is 0.0109. The third kappa shape index (κ3) is 5.94. The zero-order valence-electron chi connectivity index (χ0n) is 20.0. The van der Waals surface area contributed by atoms with Crippen molar-refractivity contribution in [3.63, 3.8) is 0 Å². The number of rotatable bonds is 7. The van der Waals surface area contributed by atoms with Gasteiger partial charge in [0.05, 0.1) is 10.6 Å². The summed E-state index contributed by atoms with van der Waals surface area (Å²) in [7, 11) is -4.09. The van der Waals surface area contributed by atoms with Crippen LogP contribution in [0, 0.1) is 24.6 Å². The summed E-state index contributed by atoms with van der Waals surface area (Å²) < 4.78 is 41.8. The van der Waals surface area contributed by atoms with Crippen molar-refractivity contribution in [1.82, 2.24) is 10.2 Å². The van der Waals surface area contributed by atoms with Gasteiger partial charge in [-0.1, -0.05) is 32.0 Å². The van der Waals surface area contributed by atoms with E-state index in [-0.39, 0.29) is 39.9 Å². The van der Waals surface area contributed by atoms with E-state index in [0.717, 1.165) is 6.07 Å². The predicted octanol–water partition coefficient (Wildman–Crippen LogP) is 3.95. The van der Waals surface area contributed by atoms with Crippen LogP contribution in [-0.2, 0) is 14.8 Å². The molecule has 1 heterocycles. The molecular weight excluding hydrogens is 457 g/mol. The molecule has 9 heteroatoms. The number of likely N-dealkylation sites (tertiary alicyclic amines) is 1. The molecule has 2 N–H and O–H groups in total. The Hall–Kier alpha value is -2.94. The van der Waals surface area contributed by atoms with Crippen LogP contribution in [-0.4, -0.2) is 44.3 Å². The summed E-state index contributed by atoms with van der Waals surface area (Å²) in [6.45, 7) is 8.64. The third-order valence-electron chi connectivity index (χ3n) is 6.39. The molecule has 7 nitrogen and oxygen atoms in total. The molecule has 0 saturated carbocycles. The van der Waals surface area contributed by atoms with E-state index in [1.54, 1.807) is 17.9 Å². The topological polar surface area (TPSA) is 95.6 Å². The van der Waals surface area contributed by atoms with Gasteiger partial charge < -0.3 is 10.2 Å². The summed E-state index contributed by atoms with van der Waals surface area (Å²) >= 11 is 0. The quantitative estimate of drug-likeness (QED) is 0.616. The van der Waals surface area contributed by atoms with E-state index >= 15 is 0 Å². The van der Waals surface area contributed by atoms with E-state index in [4.69, 9.17) is 0 Å². The molecule has 2 aromatic carbocycles. The van der Waals surface area contributed by atoms with Gasteiger partial charge in [0.2, 0.25) is 5.91 Å². The highest BCUT2D eigenvalue weighted by Crippen LogP contribution is 2.24. The first-order valence-electron chi connectivity index (χ1n) is 11.5. The predicted molar refractivity (Wildman–Crippen MR) is 129 cm³/mol. The Morgan fingerprint density at radius 2 is 1.71 bits per heavy atom. The number of halogens is 1. The Bertz CT molecular complexity index is 1160. The Labute approximate surface area is 200 Å². The van der Waals surface area contributed by atoms with Gasteiger partial charge in [0.1, 0.15) is 5.82 Å². The maximum atomic E-state index is 13.9. The van der Waals surface area contributed by atoms with Crippen LogP contribution >= 0.6 is 0 Å². The molecule has 0 radical (unpaired) electrons. The number of hydrogen-bond acceptors (Lipinski definition) is 4. The highest BCUT2D eigenvalue weighted by atomic mass is 32.2. The number of piperidine rings is 1. The van der Waals surface area contributed by atoms with Gasteiger partial charge in [-0.2, -0.15) is 0 Å². The number of sulfonamides is 1. The molecule has 1 unspecified atom stereocenters. The van der Waals surface area contributed by atoms with Gasteiger partial charge in [-0.25, -0.2) is 12.8 Å². The molecule has 0 spiro atoms. The Balaban J connectivity index is 1.71. The van der Waals surface area contributed by atoms with Crippen molar-refractivity contribution < 1.29 is 22.4 Å². The zero-order valence-corrected chi connectivity index (χ0v) is 20.8. The van der Waals surface area contributed by atoms with Gasteiger partial charge >= 0.3 is 0 Å². The van der Waals surface area contributed by atoms with Crippen molar-refractivity contribution in [3.8, 4) is 0 Å². The molecular formula is C25H32FN3O4S. The molecule has 3 rings (SSSR count). The average molecular weight is 490 g/mol. The second-order valence-electron chi connectivity index (χ2n) is 9.17. The van der Waals surface area contributed by atoms with E-state index < -0.39 is 15.8 Å². The fourth-order valence-corrected chi connectivity index (χ4v) is 4.86. The van der Waals surface area contributed by atoms with Gasteiger partial charge in [0.15, 0.2) is 0 Å². The maximum Gasteiger partial charge on any atom is 0.262 e. The lowest BCUT2D eigenvalue weighted by Crippen LogP contribution is -2.45. The van der Waals surface area contributed by atoms with Crippen molar-refractivity contribution >= 4 is 27.5 Å². The summed E-state index contributed by atoms with van der Waals surface area (Å²) in [6.07, 6.45) is 1.10. The van der Waals surface area contributed by atoms with E-state index in [1.807, 2.05) is 6.92 Å². The number of anilines is 1. The molecule has 34 heavy (non-hydrogen) atoms. The molecule has 184 valence electrons. The van der Waals surface area contributed by atoms with Crippen LogP contribution in [0.2, 0.25) is 0 Å². The molecule has 2 amide bonds.